The molecular weight excluding hydrogens is 266 g/mol. The fourth-order valence-corrected chi connectivity index (χ4v) is 2.87. The van der Waals surface area contributed by atoms with Crippen LogP contribution in [0.1, 0.15) is 27.2 Å². The zero-order valence-electron chi connectivity index (χ0n) is 11.8. The summed E-state index contributed by atoms with van der Waals surface area (Å²) in [6.45, 7) is 12.3. The summed E-state index contributed by atoms with van der Waals surface area (Å²) in [6, 6.07) is 0. The lowest BCUT2D eigenvalue weighted by Gasteiger charge is -2.36. The molecular formula is C11H23N3O2SSi. The number of hydrogen-bond donors (Lipinski definition) is 1. The number of hydrogen-bond acceptors (Lipinski definition) is 5. The molecule has 0 unspecified atom stereocenters. The normalized spacial score (nSPS) is 12.9. The Bertz CT molecular complexity index is 448. The average Bonchev–Trinajstić information content (AvgIpc) is 2.50. The number of aromatic nitrogens is 2. The molecule has 5 nitrogen and oxygen atoms in total. The summed E-state index contributed by atoms with van der Waals surface area (Å²) < 4.78 is 7.44. The van der Waals surface area contributed by atoms with Gasteiger partial charge in [0.1, 0.15) is 0 Å². The smallest absolute Gasteiger partial charge is 0.326 e. The molecule has 0 saturated carbocycles. The molecule has 0 fully saturated rings. The van der Waals surface area contributed by atoms with Crippen LogP contribution in [0.4, 0.5) is 5.13 Å². The van der Waals surface area contributed by atoms with Gasteiger partial charge in [0.15, 0.2) is 8.32 Å². The molecule has 1 heterocycles. The van der Waals surface area contributed by atoms with Gasteiger partial charge < -0.3 is 10.2 Å². The largest absolute Gasteiger partial charge is 0.417 e. The van der Waals surface area contributed by atoms with E-state index in [0.717, 1.165) is 17.8 Å². The first kappa shape index (κ1) is 15.4. The van der Waals surface area contributed by atoms with Crippen LogP contribution in [0.2, 0.25) is 18.1 Å². The second-order valence-electron chi connectivity index (χ2n) is 5.89. The molecule has 18 heavy (non-hydrogen) atoms. The zero-order valence-corrected chi connectivity index (χ0v) is 13.6. The molecule has 1 rings (SSSR count). The zero-order chi connectivity index (χ0) is 14.0. The number of nitrogen functional groups attached to an aromatic ring is 1. The molecule has 0 amide bonds. The van der Waals surface area contributed by atoms with Crippen molar-refractivity contribution in [3.05, 3.63) is 9.67 Å². The summed E-state index contributed by atoms with van der Waals surface area (Å²) in [4.78, 5) is 11.3. The third-order valence-electron chi connectivity index (χ3n) is 3.41. The van der Waals surface area contributed by atoms with Gasteiger partial charge in [-0.25, -0.2) is 4.68 Å². The van der Waals surface area contributed by atoms with Crippen molar-refractivity contribution in [3.8, 4) is 0 Å². The van der Waals surface area contributed by atoms with Crippen LogP contribution in [-0.2, 0) is 11.0 Å². The molecule has 0 atom stereocenters. The first-order valence-corrected chi connectivity index (χ1v) is 9.83. The lowest BCUT2D eigenvalue weighted by atomic mass is 10.2. The highest BCUT2D eigenvalue weighted by molar-refractivity contribution is 7.12. The van der Waals surface area contributed by atoms with Crippen LogP contribution in [0.25, 0.3) is 0 Å². The van der Waals surface area contributed by atoms with Gasteiger partial charge in [0.2, 0.25) is 5.13 Å². The van der Waals surface area contributed by atoms with E-state index in [2.05, 4.69) is 39.0 Å². The van der Waals surface area contributed by atoms with E-state index in [1.807, 2.05) is 0 Å². The maximum Gasteiger partial charge on any atom is 0.326 e. The third-order valence-corrected chi connectivity index (χ3v) is 8.62. The molecule has 104 valence electrons. The van der Waals surface area contributed by atoms with Crippen molar-refractivity contribution in [2.45, 2.75) is 51.9 Å². The Morgan fingerprint density at radius 3 is 2.50 bits per heavy atom. The van der Waals surface area contributed by atoms with Crippen molar-refractivity contribution in [1.82, 2.24) is 9.78 Å². The molecule has 0 aliphatic rings. The van der Waals surface area contributed by atoms with Crippen molar-refractivity contribution in [1.29, 1.82) is 0 Å². The highest BCUT2D eigenvalue weighted by atomic mass is 32.1. The second-order valence-corrected chi connectivity index (χ2v) is 11.7. The molecule has 1 aromatic rings. The summed E-state index contributed by atoms with van der Waals surface area (Å²) in [5.41, 5.74) is 5.47. The maximum atomic E-state index is 11.4. The number of rotatable bonds is 5. The van der Waals surface area contributed by atoms with Gasteiger partial charge in [-0.2, -0.15) is 0 Å². The van der Waals surface area contributed by atoms with Gasteiger partial charge >= 0.3 is 4.87 Å². The Labute approximate surface area is 113 Å². The topological polar surface area (TPSA) is 70.1 Å². The Kier molecular flexibility index (Phi) is 4.74. The first-order valence-electron chi connectivity index (χ1n) is 6.11. The van der Waals surface area contributed by atoms with Crippen molar-refractivity contribution in [2.24, 2.45) is 0 Å². The lowest BCUT2D eigenvalue weighted by molar-refractivity contribution is 0.272. The summed E-state index contributed by atoms with van der Waals surface area (Å²) in [5, 5.41) is 4.49. The molecule has 2 N–H and O–H groups in total. The van der Waals surface area contributed by atoms with Crippen LogP contribution in [0.15, 0.2) is 4.79 Å². The maximum absolute atomic E-state index is 11.4. The first-order chi connectivity index (χ1) is 8.13. The van der Waals surface area contributed by atoms with Crippen LogP contribution in [0.5, 0.6) is 0 Å². The van der Waals surface area contributed by atoms with Crippen LogP contribution in [-0.4, -0.2) is 24.7 Å². The van der Waals surface area contributed by atoms with Gasteiger partial charge in [0.25, 0.3) is 0 Å². The number of aryl methyl sites for hydroxylation is 1. The SMILES string of the molecule is CC(C)(C)[Si](C)(C)OCCCn1nc(N)sc1=O. The minimum absolute atomic E-state index is 0.0974. The third kappa shape index (κ3) is 3.93. The monoisotopic (exact) mass is 289 g/mol. The predicted molar refractivity (Wildman–Crippen MR) is 78.6 cm³/mol. The van der Waals surface area contributed by atoms with E-state index in [1.54, 1.807) is 0 Å². The highest BCUT2D eigenvalue weighted by Crippen LogP contribution is 2.36. The van der Waals surface area contributed by atoms with Crippen LogP contribution in [0, 0.1) is 0 Å². The van der Waals surface area contributed by atoms with E-state index in [1.165, 1.54) is 4.68 Å². The molecule has 0 bridgehead atoms. The van der Waals surface area contributed by atoms with Gasteiger partial charge in [-0.3, -0.25) is 4.79 Å². The second kappa shape index (κ2) is 5.54. The highest BCUT2D eigenvalue weighted by Gasteiger charge is 2.36. The van der Waals surface area contributed by atoms with Crippen molar-refractivity contribution < 1.29 is 4.43 Å². The lowest BCUT2D eigenvalue weighted by Crippen LogP contribution is -2.41. The van der Waals surface area contributed by atoms with Crippen molar-refractivity contribution in [2.75, 3.05) is 12.3 Å². The Hall–Kier alpha value is -0.663. The van der Waals surface area contributed by atoms with E-state index in [-0.39, 0.29) is 9.91 Å². The summed E-state index contributed by atoms with van der Waals surface area (Å²) in [7, 11) is -1.68. The Morgan fingerprint density at radius 2 is 2.06 bits per heavy atom. The number of anilines is 1. The minimum atomic E-state index is -1.68. The summed E-state index contributed by atoms with van der Waals surface area (Å²) in [5.74, 6) is 0. The van der Waals surface area contributed by atoms with E-state index in [4.69, 9.17) is 10.2 Å². The Balaban J connectivity index is 2.40. The molecule has 0 aliphatic heterocycles. The van der Waals surface area contributed by atoms with Gasteiger partial charge in [0.05, 0.1) is 0 Å². The molecule has 1 aromatic heterocycles. The molecule has 0 spiro atoms. The van der Waals surface area contributed by atoms with E-state index in [0.29, 0.717) is 18.3 Å². The minimum Gasteiger partial charge on any atom is -0.417 e. The van der Waals surface area contributed by atoms with Gasteiger partial charge in [-0.1, -0.05) is 20.8 Å². The number of nitrogens with two attached hydrogens (primary N) is 1. The van der Waals surface area contributed by atoms with Gasteiger partial charge in [0, 0.05) is 13.2 Å². The quantitative estimate of drug-likeness (QED) is 0.667. The van der Waals surface area contributed by atoms with E-state index in [9.17, 15) is 4.79 Å². The van der Waals surface area contributed by atoms with E-state index < -0.39 is 8.32 Å². The fraction of sp³-hybridized carbons (Fsp3) is 0.818. The summed E-state index contributed by atoms with van der Waals surface area (Å²) >= 11 is 0.979. The standard InChI is InChI=1S/C11H23N3O2SSi/c1-11(2,3)18(4,5)16-8-6-7-14-10(15)17-9(12)13-14/h6-8H2,1-5H3,(H2,12,13). The molecule has 7 heteroatoms. The fourth-order valence-electron chi connectivity index (χ4n) is 1.22. The molecule has 0 aliphatic carbocycles. The van der Waals surface area contributed by atoms with Gasteiger partial charge in [-0.05, 0) is 35.9 Å². The average molecular weight is 289 g/mol. The van der Waals surface area contributed by atoms with Crippen LogP contribution >= 0.6 is 11.3 Å². The summed E-state index contributed by atoms with van der Waals surface area (Å²) in [6.07, 6.45) is 0.787. The Morgan fingerprint density at radius 1 is 1.44 bits per heavy atom. The number of nitrogens with zero attached hydrogens (tertiary/aromatic N) is 2. The molecule has 0 radical (unpaired) electrons. The molecule has 0 aromatic carbocycles. The predicted octanol–water partition coefficient (Wildman–Crippen LogP) is 2.30. The van der Waals surface area contributed by atoms with Crippen molar-refractivity contribution >= 4 is 24.8 Å². The van der Waals surface area contributed by atoms with Crippen LogP contribution < -0.4 is 10.6 Å². The molecule has 0 saturated heterocycles. The van der Waals surface area contributed by atoms with E-state index >= 15 is 0 Å². The van der Waals surface area contributed by atoms with Crippen molar-refractivity contribution in [3.63, 3.8) is 0 Å². The van der Waals surface area contributed by atoms with Gasteiger partial charge in [-0.15, -0.1) is 5.10 Å². The van der Waals surface area contributed by atoms with Crippen LogP contribution in [0.3, 0.4) is 0 Å².